The van der Waals surface area contributed by atoms with E-state index in [9.17, 15) is 5.11 Å². The molecule has 4 heteroatoms. The predicted octanol–water partition coefficient (Wildman–Crippen LogP) is 4.12. The summed E-state index contributed by atoms with van der Waals surface area (Å²) < 4.78 is 0. The van der Waals surface area contributed by atoms with Gasteiger partial charge in [0.2, 0.25) is 0 Å². The van der Waals surface area contributed by atoms with E-state index in [0.717, 1.165) is 17.5 Å². The number of rotatable bonds is 2. The lowest BCUT2D eigenvalue weighted by Gasteiger charge is -2.25. The Morgan fingerprint density at radius 2 is 1.59 bits per heavy atom. The van der Waals surface area contributed by atoms with Gasteiger partial charge in [0.05, 0.1) is 17.1 Å². The van der Waals surface area contributed by atoms with Gasteiger partial charge in [0.15, 0.2) is 0 Å². The van der Waals surface area contributed by atoms with Gasteiger partial charge in [-0.3, -0.25) is 10.8 Å². The molecule has 4 nitrogen and oxygen atoms in total. The highest BCUT2D eigenvalue weighted by Crippen LogP contribution is 2.37. The minimum atomic E-state index is -0.0236. The van der Waals surface area contributed by atoms with Crippen molar-refractivity contribution >= 4 is 17.1 Å². The molecule has 0 amide bonds. The van der Waals surface area contributed by atoms with E-state index in [2.05, 4.69) is 20.8 Å². The lowest BCUT2D eigenvalue weighted by Crippen LogP contribution is -2.16. The Balaban J connectivity index is 0.000000255. The molecular weight excluding hydrogens is 274 g/mol. The highest BCUT2D eigenvalue weighted by atomic mass is 16.3. The molecule has 1 aromatic rings. The maximum Gasteiger partial charge on any atom is 0.142 e. The molecule has 118 valence electrons. The first-order valence-corrected chi connectivity index (χ1v) is 7.30. The number of allylic oxidation sites excluding steroid dienone is 4. The second-order valence-electron chi connectivity index (χ2n) is 6.03. The molecule has 0 fully saturated rings. The van der Waals surface area contributed by atoms with E-state index in [4.69, 9.17) is 16.6 Å². The highest BCUT2D eigenvalue weighted by molar-refractivity contribution is 6.48. The van der Waals surface area contributed by atoms with E-state index in [-0.39, 0.29) is 22.6 Å². The van der Waals surface area contributed by atoms with Gasteiger partial charge in [0, 0.05) is 5.56 Å². The molecule has 2 rings (SSSR count). The van der Waals surface area contributed by atoms with Crippen molar-refractivity contribution in [2.45, 2.75) is 39.5 Å². The summed E-state index contributed by atoms with van der Waals surface area (Å²) in [4.78, 5) is 0. The fourth-order valence-corrected chi connectivity index (χ4v) is 2.00. The maximum absolute atomic E-state index is 9.86. The third-order valence-corrected chi connectivity index (χ3v) is 3.82. The maximum atomic E-state index is 9.86. The summed E-state index contributed by atoms with van der Waals surface area (Å²) >= 11 is 0. The van der Waals surface area contributed by atoms with Gasteiger partial charge in [-0.2, -0.15) is 0 Å². The van der Waals surface area contributed by atoms with Crippen LogP contribution in [0.1, 0.15) is 38.3 Å². The fraction of sp³-hybridized carbons (Fsp3) is 0.333. The topological polar surface area (TPSA) is 93.9 Å². The molecule has 1 aliphatic carbocycles. The molecule has 0 heterocycles. The molecule has 0 unspecified atom stereocenters. The largest absolute Gasteiger partial charge is 0.505 e. The number of aromatic hydroxyl groups is 1. The second kappa shape index (κ2) is 7.07. The summed E-state index contributed by atoms with van der Waals surface area (Å²) in [5.41, 5.74) is 8.78. The second-order valence-corrected chi connectivity index (χ2v) is 6.03. The number of phenols is 1. The van der Waals surface area contributed by atoms with Gasteiger partial charge >= 0.3 is 0 Å². The summed E-state index contributed by atoms with van der Waals surface area (Å²) in [5.74, 6) is 0.238. The summed E-state index contributed by atoms with van der Waals surface area (Å²) in [6.45, 7) is 8.32. The normalized spacial score (nSPS) is 13.8. The first-order valence-electron chi connectivity index (χ1n) is 7.30. The third-order valence-electron chi connectivity index (χ3n) is 3.82. The van der Waals surface area contributed by atoms with E-state index in [0.29, 0.717) is 5.69 Å². The van der Waals surface area contributed by atoms with Crippen LogP contribution < -0.4 is 5.73 Å². The Morgan fingerprint density at radius 3 is 2.00 bits per heavy atom. The Hall–Kier alpha value is -2.36. The number of hydrogen-bond donors (Lipinski definition) is 4. The van der Waals surface area contributed by atoms with Crippen LogP contribution in [0, 0.1) is 17.7 Å². The summed E-state index contributed by atoms with van der Waals surface area (Å²) in [7, 11) is 0. The Labute approximate surface area is 132 Å². The SMILES string of the molecule is CCC(C)(C)c1cc(C)cc(N)c1O.N=C1C=CC=CC1=N. The molecule has 0 saturated carbocycles. The Bertz CT molecular complexity index is 618. The monoisotopic (exact) mass is 299 g/mol. The minimum absolute atomic E-state index is 0.0236. The van der Waals surface area contributed by atoms with Crippen molar-refractivity contribution in [1.82, 2.24) is 0 Å². The molecule has 1 aromatic carbocycles. The number of phenolic OH excluding ortho intramolecular Hbond substituents is 1. The summed E-state index contributed by atoms with van der Waals surface area (Å²) in [6.07, 6.45) is 7.68. The van der Waals surface area contributed by atoms with E-state index >= 15 is 0 Å². The first-order chi connectivity index (χ1) is 10.2. The number of anilines is 1. The number of benzene rings is 1. The van der Waals surface area contributed by atoms with Crippen molar-refractivity contribution < 1.29 is 5.11 Å². The predicted molar refractivity (Wildman–Crippen MR) is 94.3 cm³/mol. The van der Waals surface area contributed by atoms with Crippen molar-refractivity contribution in [2.75, 3.05) is 5.73 Å². The van der Waals surface area contributed by atoms with E-state index < -0.39 is 0 Å². The first kappa shape index (κ1) is 17.7. The van der Waals surface area contributed by atoms with Crippen LogP contribution in [0.2, 0.25) is 0 Å². The number of aryl methyl sites for hydroxylation is 1. The van der Waals surface area contributed by atoms with Crippen molar-refractivity contribution in [2.24, 2.45) is 0 Å². The van der Waals surface area contributed by atoms with Crippen LogP contribution in [-0.4, -0.2) is 16.5 Å². The van der Waals surface area contributed by atoms with Crippen LogP contribution >= 0.6 is 0 Å². The number of nitrogen functional groups attached to an aromatic ring is 1. The van der Waals surface area contributed by atoms with E-state index in [1.807, 2.05) is 13.0 Å². The number of nitrogens with one attached hydrogen (secondary N) is 2. The smallest absolute Gasteiger partial charge is 0.142 e. The molecule has 1 aliphatic rings. The van der Waals surface area contributed by atoms with Crippen LogP contribution in [0.5, 0.6) is 5.75 Å². The zero-order chi connectivity index (χ0) is 16.9. The number of nitrogens with two attached hydrogens (primary N) is 1. The molecule has 0 atom stereocenters. The number of hydrogen-bond acceptors (Lipinski definition) is 4. The van der Waals surface area contributed by atoms with Crippen molar-refractivity contribution in [1.29, 1.82) is 10.8 Å². The van der Waals surface area contributed by atoms with Gasteiger partial charge < -0.3 is 10.8 Å². The molecule has 0 bridgehead atoms. The molecule has 0 saturated heterocycles. The van der Waals surface area contributed by atoms with E-state index in [1.165, 1.54) is 0 Å². The Kier molecular flexibility index (Phi) is 5.69. The zero-order valence-electron chi connectivity index (χ0n) is 13.7. The van der Waals surface area contributed by atoms with Crippen LogP contribution in [0.15, 0.2) is 36.4 Å². The lowest BCUT2D eigenvalue weighted by atomic mass is 9.81. The van der Waals surface area contributed by atoms with Gasteiger partial charge in [-0.1, -0.05) is 39.0 Å². The third kappa shape index (κ3) is 4.32. The van der Waals surface area contributed by atoms with Gasteiger partial charge in [-0.05, 0) is 42.5 Å². The van der Waals surface area contributed by atoms with E-state index in [1.54, 1.807) is 30.4 Å². The van der Waals surface area contributed by atoms with Gasteiger partial charge in [-0.25, -0.2) is 0 Å². The van der Waals surface area contributed by atoms with Crippen molar-refractivity contribution in [3.05, 3.63) is 47.6 Å². The van der Waals surface area contributed by atoms with Crippen LogP contribution in [0.3, 0.4) is 0 Å². The quantitative estimate of drug-likeness (QED) is 0.375. The molecule has 0 aromatic heterocycles. The van der Waals surface area contributed by atoms with Gasteiger partial charge in [0.1, 0.15) is 5.75 Å². The van der Waals surface area contributed by atoms with Crippen LogP contribution in [-0.2, 0) is 5.41 Å². The molecule has 0 aliphatic heterocycles. The van der Waals surface area contributed by atoms with Crippen LogP contribution in [0.25, 0.3) is 0 Å². The molecule has 22 heavy (non-hydrogen) atoms. The van der Waals surface area contributed by atoms with Gasteiger partial charge in [0.25, 0.3) is 0 Å². The van der Waals surface area contributed by atoms with Crippen molar-refractivity contribution in [3.8, 4) is 5.75 Å². The molecule has 5 N–H and O–H groups in total. The standard InChI is InChI=1S/C12H19NO.C6H6N2/c1-5-12(3,4)9-6-8(2)7-10(13)11(9)14;7-5-3-1-2-4-6(5)8/h6-7,14H,5,13H2,1-4H3;1-4,7-8H. The van der Waals surface area contributed by atoms with Gasteiger partial charge in [-0.15, -0.1) is 0 Å². The lowest BCUT2D eigenvalue weighted by molar-refractivity contribution is 0.430. The van der Waals surface area contributed by atoms with Crippen LogP contribution in [0.4, 0.5) is 5.69 Å². The Morgan fingerprint density at radius 1 is 1.09 bits per heavy atom. The minimum Gasteiger partial charge on any atom is -0.505 e. The zero-order valence-corrected chi connectivity index (χ0v) is 13.7. The highest BCUT2D eigenvalue weighted by Gasteiger charge is 2.23. The fourth-order valence-electron chi connectivity index (χ4n) is 2.00. The summed E-state index contributed by atoms with van der Waals surface area (Å²) in [6, 6.07) is 3.81. The van der Waals surface area contributed by atoms with Crippen molar-refractivity contribution in [3.63, 3.8) is 0 Å². The summed E-state index contributed by atoms with van der Waals surface area (Å²) in [5, 5.41) is 23.9. The molecule has 0 spiro atoms. The average molecular weight is 299 g/mol. The molecular formula is C18H25N3O. The molecule has 0 radical (unpaired) electrons. The average Bonchev–Trinajstić information content (AvgIpc) is 2.46.